The number of halogens is 2. The number of amides is 2. The molecule has 0 aromatic carbocycles. The summed E-state index contributed by atoms with van der Waals surface area (Å²) in [7, 11) is 0. The minimum absolute atomic E-state index is 0.166. The number of hydrogen-bond donors (Lipinski definition) is 1. The number of rotatable bonds is 3. The van der Waals surface area contributed by atoms with Crippen LogP contribution in [0.3, 0.4) is 0 Å². The molecule has 1 spiro atoms. The Morgan fingerprint density at radius 3 is 2.73 bits per heavy atom. The van der Waals surface area contributed by atoms with Gasteiger partial charge in [-0.1, -0.05) is 6.07 Å². The van der Waals surface area contributed by atoms with Crippen LogP contribution in [0.15, 0.2) is 30.5 Å². The van der Waals surface area contributed by atoms with Crippen molar-refractivity contribution in [2.75, 3.05) is 11.4 Å². The molecule has 0 unspecified atom stereocenters. The molecule has 1 saturated heterocycles. The molecular weight excluding hydrogens is 392 g/mol. The van der Waals surface area contributed by atoms with E-state index in [1.165, 1.54) is 4.90 Å². The minimum Gasteiger partial charge on any atom is -0.348 e. The fourth-order valence-electron chi connectivity index (χ4n) is 4.56. The number of carbonyl (C=O) groups excluding carboxylic acids is 2. The zero-order valence-electron chi connectivity index (χ0n) is 16.9. The zero-order chi connectivity index (χ0) is 21.5. The first-order valence-electron chi connectivity index (χ1n) is 9.91. The van der Waals surface area contributed by atoms with Crippen LogP contribution in [-0.2, 0) is 4.79 Å². The van der Waals surface area contributed by atoms with Crippen LogP contribution < -0.4 is 10.2 Å². The fraction of sp³-hybridized carbons (Fsp3) is 0.476. The predicted molar refractivity (Wildman–Crippen MR) is 105 cm³/mol. The smallest absolute Gasteiger partial charge is 0.270 e. The molecule has 2 aliphatic rings. The maximum Gasteiger partial charge on any atom is 0.270 e. The molecule has 2 aromatic rings. The van der Waals surface area contributed by atoms with Gasteiger partial charge in [0.2, 0.25) is 5.91 Å². The number of nitrogens with zero attached hydrogens (tertiary/aromatic N) is 4. The fourth-order valence-corrected chi connectivity index (χ4v) is 4.56. The Morgan fingerprint density at radius 1 is 1.20 bits per heavy atom. The van der Waals surface area contributed by atoms with Gasteiger partial charge in [0.15, 0.2) is 0 Å². The van der Waals surface area contributed by atoms with Crippen molar-refractivity contribution in [3.63, 3.8) is 0 Å². The van der Waals surface area contributed by atoms with E-state index >= 15 is 0 Å². The second-order valence-electron chi connectivity index (χ2n) is 8.22. The lowest BCUT2D eigenvalue weighted by Crippen LogP contribution is -2.52. The molecule has 0 bridgehead atoms. The summed E-state index contributed by atoms with van der Waals surface area (Å²) in [4.78, 5) is 39.7. The lowest BCUT2D eigenvalue weighted by atomic mass is 9.69. The third kappa shape index (κ3) is 3.88. The number of alkyl halides is 2. The van der Waals surface area contributed by atoms with Crippen LogP contribution in [0, 0.1) is 19.3 Å². The van der Waals surface area contributed by atoms with Crippen molar-refractivity contribution < 1.29 is 18.4 Å². The van der Waals surface area contributed by atoms with Gasteiger partial charge >= 0.3 is 0 Å². The van der Waals surface area contributed by atoms with Crippen molar-refractivity contribution in [3.8, 4) is 0 Å². The molecule has 2 fully saturated rings. The van der Waals surface area contributed by atoms with Gasteiger partial charge in [0, 0.05) is 37.3 Å². The molecular formula is C21H23F2N5O2. The molecule has 7 nitrogen and oxygen atoms in total. The van der Waals surface area contributed by atoms with Crippen LogP contribution in [0.2, 0.25) is 0 Å². The topological polar surface area (TPSA) is 88.1 Å². The molecule has 0 radical (unpaired) electrons. The highest BCUT2D eigenvalue weighted by atomic mass is 19.3. The van der Waals surface area contributed by atoms with E-state index in [4.69, 9.17) is 0 Å². The van der Waals surface area contributed by atoms with Crippen molar-refractivity contribution in [1.82, 2.24) is 20.3 Å². The Morgan fingerprint density at radius 2 is 2.00 bits per heavy atom. The van der Waals surface area contributed by atoms with Crippen LogP contribution in [0.25, 0.3) is 0 Å². The van der Waals surface area contributed by atoms with E-state index in [9.17, 15) is 18.4 Å². The van der Waals surface area contributed by atoms with Gasteiger partial charge in [0.1, 0.15) is 17.3 Å². The first-order chi connectivity index (χ1) is 14.2. The summed E-state index contributed by atoms with van der Waals surface area (Å²) in [5.41, 5.74) is -0.387. The number of pyridine rings is 1. The molecule has 158 valence electrons. The van der Waals surface area contributed by atoms with E-state index in [0.717, 1.165) is 0 Å². The molecule has 1 aliphatic carbocycles. The second kappa shape index (κ2) is 7.37. The predicted octanol–water partition coefficient (Wildman–Crippen LogP) is 2.83. The number of aromatic nitrogens is 3. The number of nitrogens with one attached hydrogen (secondary N) is 1. The highest BCUT2D eigenvalue weighted by Crippen LogP contribution is 2.51. The van der Waals surface area contributed by atoms with Crippen molar-refractivity contribution in [3.05, 3.63) is 47.7 Å². The SMILES string of the molecule is Cc1cccc(C(=O)N[C@@H]2CC(F)(F)C[C@@]3(CCN(c4ccnc(C)n4)C3=O)C2)n1. The van der Waals surface area contributed by atoms with Gasteiger partial charge in [-0.15, -0.1) is 0 Å². The van der Waals surface area contributed by atoms with Crippen molar-refractivity contribution in [2.45, 2.75) is 51.5 Å². The third-order valence-electron chi connectivity index (χ3n) is 5.79. The Kier molecular flexibility index (Phi) is 4.99. The standard InChI is InChI=1S/C21H23F2N5O2/c1-13-4-3-5-16(25-13)18(29)27-15-10-20(12-21(22,23)11-15)7-9-28(19(20)30)17-6-8-24-14(2)26-17/h3-6,8,15H,7,9-12H2,1-2H3,(H,27,29)/t15-,20+/m0/s1. The van der Waals surface area contributed by atoms with E-state index in [1.807, 2.05) is 0 Å². The molecule has 1 saturated carbocycles. The van der Waals surface area contributed by atoms with Crippen LogP contribution in [0.4, 0.5) is 14.6 Å². The van der Waals surface area contributed by atoms with Gasteiger partial charge in [0.05, 0.1) is 5.41 Å². The quantitative estimate of drug-likeness (QED) is 0.833. The molecule has 2 aromatic heterocycles. The second-order valence-corrected chi connectivity index (χ2v) is 8.22. The average molecular weight is 415 g/mol. The summed E-state index contributed by atoms with van der Waals surface area (Å²) in [6.07, 6.45) is 0.989. The highest BCUT2D eigenvalue weighted by Gasteiger charge is 2.57. The van der Waals surface area contributed by atoms with E-state index in [1.54, 1.807) is 44.3 Å². The largest absolute Gasteiger partial charge is 0.348 e. The Labute approximate surface area is 172 Å². The molecule has 9 heteroatoms. The van der Waals surface area contributed by atoms with E-state index in [2.05, 4.69) is 20.3 Å². The van der Waals surface area contributed by atoms with Gasteiger partial charge in [0.25, 0.3) is 11.8 Å². The molecule has 1 N–H and O–H groups in total. The summed E-state index contributed by atoms with van der Waals surface area (Å²) in [5.74, 6) is -3.00. The number of carbonyl (C=O) groups is 2. The Hall–Kier alpha value is -2.97. The van der Waals surface area contributed by atoms with Crippen molar-refractivity contribution in [1.29, 1.82) is 0 Å². The van der Waals surface area contributed by atoms with Gasteiger partial charge in [-0.05, 0) is 44.9 Å². The van der Waals surface area contributed by atoms with Gasteiger partial charge in [-0.2, -0.15) is 0 Å². The minimum atomic E-state index is -3.05. The van der Waals surface area contributed by atoms with Gasteiger partial charge in [-0.3, -0.25) is 14.5 Å². The highest BCUT2D eigenvalue weighted by molar-refractivity contribution is 5.99. The molecule has 4 rings (SSSR count). The zero-order valence-corrected chi connectivity index (χ0v) is 16.9. The third-order valence-corrected chi connectivity index (χ3v) is 5.79. The van der Waals surface area contributed by atoms with E-state index in [-0.39, 0.29) is 18.0 Å². The molecule has 2 atom stereocenters. The van der Waals surface area contributed by atoms with E-state index < -0.39 is 36.1 Å². The molecule has 2 amide bonds. The van der Waals surface area contributed by atoms with Crippen LogP contribution in [0.1, 0.15) is 47.7 Å². The van der Waals surface area contributed by atoms with E-state index in [0.29, 0.717) is 30.3 Å². The van der Waals surface area contributed by atoms with Crippen LogP contribution in [-0.4, -0.2) is 45.3 Å². The maximum atomic E-state index is 14.7. The molecule has 3 heterocycles. The van der Waals surface area contributed by atoms with Gasteiger partial charge in [-0.25, -0.2) is 23.7 Å². The maximum absolute atomic E-state index is 14.7. The lowest BCUT2D eigenvalue weighted by molar-refractivity contribution is -0.140. The number of aryl methyl sites for hydroxylation is 2. The first-order valence-corrected chi connectivity index (χ1v) is 9.91. The first kappa shape index (κ1) is 20.3. The molecule has 1 aliphatic heterocycles. The summed E-state index contributed by atoms with van der Waals surface area (Å²) in [5, 5.41) is 2.68. The summed E-state index contributed by atoms with van der Waals surface area (Å²) in [6, 6.07) is 5.77. The average Bonchev–Trinajstić information content (AvgIpc) is 2.95. The Balaban J connectivity index is 1.55. The summed E-state index contributed by atoms with van der Waals surface area (Å²) in [6.45, 7) is 3.77. The summed E-state index contributed by atoms with van der Waals surface area (Å²) >= 11 is 0. The van der Waals surface area contributed by atoms with Crippen LogP contribution >= 0.6 is 0 Å². The summed E-state index contributed by atoms with van der Waals surface area (Å²) < 4.78 is 29.3. The Bertz CT molecular complexity index is 999. The van der Waals surface area contributed by atoms with Gasteiger partial charge < -0.3 is 5.32 Å². The number of anilines is 1. The lowest BCUT2D eigenvalue weighted by Gasteiger charge is -2.40. The number of hydrogen-bond acceptors (Lipinski definition) is 5. The van der Waals surface area contributed by atoms with Crippen LogP contribution in [0.5, 0.6) is 0 Å². The van der Waals surface area contributed by atoms with Crippen molar-refractivity contribution in [2.24, 2.45) is 5.41 Å². The monoisotopic (exact) mass is 415 g/mol. The molecule has 30 heavy (non-hydrogen) atoms. The van der Waals surface area contributed by atoms with Crippen molar-refractivity contribution >= 4 is 17.6 Å². The normalized spacial score (nSPS) is 25.5.